The van der Waals surface area contributed by atoms with Crippen LogP contribution >= 0.6 is 27.3 Å². The predicted molar refractivity (Wildman–Crippen MR) is 60.9 cm³/mol. The Morgan fingerprint density at radius 2 is 2.14 bits per heavy atom. The van der Waals surface area contributed by atoms with Crippen LogP contribution in [0.15, 0.2) is 22.7 Å². The van der Waals surface area contributed by atoms with Gasteiger partial charge in [-0.25, -0.2) is 0 Å². The number of fused-ring (bicyclic) bond motifs is 1. The maximum atomic E-state index is 10.6. The molecular weight excluding hydrogens is 266 g/mol. The lowest BCUT2D eigenvalue weighted by Gasteiger charge is -1.94. The fourth-order valence-electron chi connectivity index (χ4n) is 1.32. The standard InChI is InChI=1S/C9H6BrNO2S/c1-5-2-7-8(10)3-6(11(12)13)4-9(7)14-5/h2-4H,1H3. The molecule has 0 unspecified atom stereocenters. The van der Waals surface area contributed by atoms with Crippen molar-refractivity contribution in [2.75, 3.05) is 0 Å². The molecule has 0 saturated heterocycles. The lowest BCUT2D eigenvalue weighted by atomic mass is 10.2. The molecule has 3 nitrogen and oxygen atoms in total. The quantitative estimate of drug-likeness (QED) is 0.584. The SMILES string of the molecule is Cc1cc2c(Br)cc([N+](=O)[O-])cc2s1. The zero-order valence-electron chi connectivity index (χ0n) is 7.28. The van der Waals surface area contributed by atoms with E-state index in [0.29, 0.717) is 0 Å². The predicted octanol–water partition coefficient (Wildman–Crippen LogP) is 3.88. The van der Waals surface area contributed by atoms with Gasteiger partial charge in [-0.05, 0) is 28.9 Å². The van der Waals surface area contributed by atoms with Gasteiger partial charge in [0.1, 0.15) is 0 Å². The first-order valence-corrected chi connectivity index (χ1v) is 5.53. The molecule has 0 aliphatic heterocycles. The third-order valence-corrected chi connectivity index (χ3v) is 3.56. The molecule has 0 fully saturated rings. The highest BCUT2D eigenvalue weighted by molar-refractivity contribution is 9.10. The number of hydrogen-bond donors (Lipinski definition) is 0. The highest BCUT2D eigenvalue weighted by Gasteiger charge is 2.11. The van der Waals surface area contributed by atoms with Crippen molar-refractivity contribution in [1.29, 1.82) is 0 Å². The minimum Gasteiger partial charge on any atom is -0.258 e. The van der Waals surface area contributed by atoms with E-state index >= 15 is 0 Å². The molecule has 14 heavy (non-hydrogen) atoms. The van der Waals surface area contributed by atoms with Gasteiger partial charge in [-0.2, -0.15) is 0 Å². The van der Waals surface area contributed by atoms with Crippen molar-refractivity contribution >= 4 is 43.0 Å². The third kappa shape index (κ3) is 1.53. The Hall–Kier alpha value is -0.940. The van der Waals surface area contributed by atoms with E-state index in [2.05, 4.69) is 15.9 Å². The number of benzene rings is 1. The minimum absolute atomic E-state index is 0.131. The van der Waals surface area contributed by atoms with Crippen LogP contribution in [-0.2, 0) is 0 Å². The molecule has 5 heteroatoms. The molecule has 0 amide bonds. The molecule has 0 atom stereocenters. The number of thiophene rings is 1. The van der Waals surface area contributed by atoms with E-state index in [1.54, 1.807) is 17.4 Å². The minimum atomic E-state index is -0.376. The maximum absolute atomic E-state index is 10.6. The summed E-state index contributed by atoms with van der Waals surface area (Å²) in [5, 5.41) is 11.6. The second-order valence-corrected chi connectivity index (χ2v) is 5.10. The third-order valence-electron chi connectivity index (χ3n) is 1.91. The van der Waals surface area contributed by atoms with Crippen LogP contribution in [0.1, 0.15) is 4.88 Å². The van der Waals surface area contributed by atoms with Gasteiger partial charge in [-0.15, -0.1) is 11.3 Å². The summed E-state index contributed by atoms with van der Waals surface area (Å²) in [5.74, 6) is 0. The van der Waals surface area contributed by atoms with Gasteiger partial charge in [-0.1, -0.05) is 0 Å². The number of nitrogens with zero attached hydrogens (tertiary/aromatic N) is 1. The van der Waals surface area contributed by atoms with Crippen molar-refractivity contribution in [3.05, 3.63) is 37.7 Å². The Morgan fingerprint density at radius 1 is 1.43 bits per heavy atom. The first-order chi connectivity index (χ1) is 6.58. The van der Waals surface area contributed by atoms with Crippen LogP contribution in [0.4, 0.5) is 5.69 Å². The van der Waals surface area contributed by atoms with Crippen molar-refractivity contribution in [2.24, 2.45) is 0 Å². The fraction of sp³-hybridized carbons (Fsp3) is 0.111. The van der Waals surface area contributed by atoms with E-state index in [1.165, 1.54) is 6.07 Å². The zero-order chi connectivity index (χ0) is 10.3. The van der Waals surface area contributed by atoms with Crippen LogP contribution in [0.3, 0.4) is 0 Å². The molecule has 1 aromatic heterocycles. The van der Waals surface area contributed by atoms with E-state index < -0.39 is 0 Å². The van der Waals surface area contributed by atoms with Crippen molar-refractivity contribution in [2.45, 2.75) is 6.92 Å². The van der Waals surface area contributed by atoms with Crippen molar-refractivity contribution < 1.29 is 4.92 Å². The van der Waals surface area contributed by atoms with Crippen LogP contribution in [0.25, 0.3) is 10.1 Å². The smallest absolute Gasteiger partial charge is 0.258 e. The van der Waals surface area contributed by atoms with E-state index in [1.807, 2.05) is 13.0 Å². The van der Waals surface area contributed by atoms with Gasteiger partial charge in [0.2, 0.25) is 0 Å². The van der Waals surface area contributed by atoms with Gasteiger partial charge >= 0.3 is 0 Å². The molecule has 2 rings (SSSR count). The van der Waals surface area contributed by atoms with E-state index in [9.17, 15) is 10.1 Å². The Labute approximate surface area is 92.6 Å². The van der Waals surface area contributed by atoms with Crippen LogP contribution in [0, 0.1) is 17.0 Å². The molecule has 1 heterocycles. The average molecular weight is 272 g/mol. The van der Waals surface area contributed by atoms with Gasteiger partial charge < -0.3 is 0 Å². The molecule has 0 saturated carbocycles. The van der Waals surface area contributed by atoms with Crippen LogP contribution < -0.4 is 0 Å². The second-order valence-electron chi connectivity index (χ2n) is 2.95. The number of aryl methyl sites for hydroxylation is 1. The maximum Gasteiger partial charge on any atom is 0.272 e. The van der Waals surface area contributed by atoms with Crippen LogP contribution in [-0.4, -0.2) is 4.92 Å². The van der Waals surface area contributed by atoms with E-state index in [0.717, 1.165) is 19.4 Å². The van der Waals surface area contributed by atoms with Gasteiger partial charge in [0.25, 0.3) is 5.69 Å². The molecule has 1 aromatic carbocycles. The molecule has 0 spiro atoms. The number of halogens is 1. The summed E-state index contributed by atoms with van der Waals surface area (Å²) in [6.45, 7) is 1.99. The summed E-state index contributed by atoms with van der Waals surface area (Å²) in [6, 6.07) is 5.17. The molecule has 0 radical (unpaired) electrons. The van der Waals surface area contributed by atoms with Crippen LogP contribution in [0.2, 0.25) is 0 Å². The van der Waals surface area contributed by atoms with Gasteiger partial charge in [-0.3, -0.25) is 10.1 Å². The summed E-state index contributed by atoms with van der Waals surface area (Å²) >= 11 is 4.89. The summed E-state index contributed by atoms with van der Waals surface area (Å²) in [4.78, 5) is 11.4. The topological polar surface area (TPSA) is 43.1 Å². The second kappa shape index (κ2) is 3.33. The van der Waals surface area contributed by atoms with Gasteiger partial charge in [0.05, 0.1) is 4.92 Å². The zero-order valence-corrected chi connectivity index (χ0v) is 9.68. The largest absolute Gasteiger partial charge is 0.272 e. The number of hydrogen-bond acceptors (Lipinski definition) is 3. The molecule has 0 aliphatic carbocycles. The summed E-state index contributed by atoms with van der Waals surface area (Å²) < 4.78 is 1.73. The monoisotopic (exact) mass is 271 g/mol. The number of rotatable bonds is 1. The molecular formula is C9H6BrNO2S. The summed E-state index contributed by atoms with van der Waals surface area (Å²) in [6.07, 6.45) is 0. The number of nitro groups is 1. The highest BCUT2D eigenvalue weighted by Crippen LogP contribution is 2.34. The molecule has 2 aromatic rings. The molecule has 0 aliphatic rings. The van der Waals surface area contributed by atoms with Crippen LogP contribution in [0.5, 0.6) is 0 Å². The Balaban J connectivity index is 2.77. The van der Waals surface area contributed by atoms with E-state index in [4.69, 9.17) is 0 Å². The van der Waals surface area contributed by atoms with Gasteiger partial charge in [0.15, 0.2) is 0 Å². The highest BCUT2D eigenvalue weighted by atomic mass is 79.9. The summed E-state index contributed by atoms with van der Waals surface area (Å²) in [5.41, 5.74) is 0.131. The normalized spacial score (nSPS) is 10.7. The van der Waals surface area contributed by atoms with Gasteiger partial charge in [0, 0.05) is 31.6 Å². The number of non-ortho nitro benzene ring substituents is 1. The Kier molecular flexibility index (Phi) is 2.28. The van der Waals surface area contributed by atoms with Crippen molar-refractivity contribution in [1.82, 2.24) is 0 Å². The molecule has 0 bridgehead atoms. The molecule has 0 N–H and O–H groups in total. The van der Waals surface area contributed by atoms with Crippen molar-refractivity contribution in [3.8, 4) is 0 Å². The van der Waals surface area contributed by atoms with E-state index in [-0.39, 0.29) is 10.6 Å². The first kappa shape index (κ1) is 9.61. The summed E-state index contributed by atoms with van der Waals surface area (Å²) in [7, 11) is 0. The molecule has 72 valence electrons. The lowest BCUT2D eigenvalue weighted by molar-refractivity contribution is -0.384. The Morgan fingerprint density at radius 3 is 2.79 bits per heavy atom. The first-order valence-electron chi connectivity index (χ1n) is 3.92. The number of nitro benzene ring substituents is 1. The van der Waals surface area contributed by atoms with Crippen molar-refractivity contribution in [3.63, 3.8) is 0 Å². The lowest BCUT2D eigenvalue weighted by Crippen LogP contribution is -1.86. The average Bonchev–Trinajstić information content (AvgIpc) is 2.45. The Bertz CT molecular complexity index is 521. The fourth-order valence-corrected chi connectivity index (χ4v) is 2.99.